The summed E-state index contributed by atoms with van der Waals surface area (Å²) in [5.74, 6) is 0.985. The smallest absolute Gasteiger partial charge is 0.163 e. The molecule has 0 spiro atoms. The molecule has 204 valence electrons. The average molecular weight is 561 g/mol. The fourth-order valence-electron chi connectivity index (χ4n) is 4.63. The second-order valence-corrected chi connectivity index (χ2v) is 10.2. The van der Waals surface area contributed by atoms with Gasteiger partial charge in [-0.05, 0) is 39.4 Å². The maximum atomic E-state index is 10.0. The van der Waals surface area contributed by atoms with Crippen molar-refractivity contribution in [3.05, 3.63) is 46.1 Å². The number of nitrogens with zero attached hydrogens (tertiary/aromatic N) is 4. The molecule has 0 saturated carbocycles. The van der Waals surface area contributed by atoms with Gasteiger partial charge in [0, 0.05) is 55.4 Å². The first kappa shape index (κ1) is 29.6. The maximum Gasteiger partial charge on any atom is 0.163 e. The molecule has 1 saturated heterocycles. The molecule has 1 aliphatic rings. The highest BCUT2D eigenvalue weighted by Gasteiger charge is 2.26. The van der Waals surface area contributed by atoms with E-state index in [2.05, 4.69) is 47.1 Å². The third-order valence-electron chi connectivity index (χ3n) is 6.88. The molecule has 2 heterocycles. The number of hydrogen-bond acceptors (Lipinski definition) is 8. The summed E-state index contributed by atoms with van der Waals surface area (Å²) in [6, 6.07) is 9.66. The van der Waals surface area contributed by atoms with Crippen LogP contribution < -0.4 is 14.8 Å². The molecule has 2 aromatic carbocycles. The van der Waals surface area contributed by atoms with Gasteiger partial charge >= 0.3 is 0 Å². The number of methoxy groups -OCH3 is 1. The summed E-state index contributed by atoms with van der Waals surface area (Å²) in [5, 5.41) is 24.0. The van der Waals surface area contributed by atoms with Crippen LogP contribution >= 0.6 is 23.2 Å². The minimum absolute atomic E-state index is 0. The van der Waals surface area contributed by atoms with Gasteiger partial charge in [-0.1, -0.05) is 30.6 Å². The third-order valence-corrected chi connectivity index (χ3v) is 7.50. The van der Waals surface area contributed by atoms with Crippen LogP contribution in [0.3, 0.4) is 0 Å². The quantitative estimate of drug-likeness (QED) is 0.310. The number of halogens is 2. The summed E-state index contributed by atoms with van der Waals surface area (Å²) in [6.45, 7) is 8.13. The molecule has 0 bridgehead atoms. The number of ether oxygens (including phenoxy) is 2. The molecular weight excluding hydrogens is 525 g/mol. The fourth-order valence-corrected chi connectivity index (χ4v) is 5.06. The van der Waals surface area contributed by atoms with Crippen LogP contribution in [0, 0.1) is 11.3 Å². The molecule has 1 aliphatic heterocycles. The van der Waals surface area contributed by atoms with E-state index in [1.807, 2.05) is 0 Å². The SMILES string of the molecule is C.COc1cc2c(Nc3cc(O)c(Cl)cc3Cl)c(C#N)cnc2cc1OCCCN1C[C@@H](C)N(C)[C@@H](C)C1. The predicted octanol–water partition coefficient (Wildman–Crippen LogP) is 6.30. The zero-order valence-electron chi connectivity index (χ0n) is 21.4. The van der Waals surface area contributed by atoms with Crippen molar-refractivity contribution >= 4 is 45.5 Å². The number of aromatic nitrogens is 1. The number of benzene rings is 2. The number of phenols is 1. The van der Waals surface area contributed by atoms with Gasteiger partial charge in [-0.3, -0.25) is 9.88 Å². The van der Waals surface area contributed by atoms with Crippen molar-refractivity contribution in [2.45, 2.75) is 39.8 Å². The fraction of sp³-hybridized carbons (Fsp3) is 0.429. The van der Waals surface area contributed by atoms with Crippen LogP contribution in [0.25, 0.3) is 10.9 Å². The van der Waals surface area contributed by atoms with E-state index < -0.39 is 0 Å². The first-order valence-corrected chi connectivity index (χ1v) is 12.9. The van der Waals surface area contributed by atoms with Crippen molar-refractivity contribution < 1.29 is 14.6 Å². The van der Waals surface area contributed by atoms with Gasteiger partial charge in [0.25, 0.3) is 0 Å². The van der Waals surface area contributed by atoms with Gasteiger partial charge in [0.1, 0.15) is 11.8 Å². The van der Waals surface area contributed by atoms with Gasteiger partial charge in [0.2, 0.25) is 0 Å². The Hall–Kier alpha value is -2.96. The lowest BCUT2D eigenvalue weighted by molar-refractivity contribution is 0.0571. The van der Waals surface area contributed by atoms with Crippen molar-refractivity contribution in [3.8, 4) is 23.3 Å². The Morgan fingerprint density at radius 3 is 2.50 bits per heavy atom. The van der Waals surface area contributed by atoms with Crippen molar-refractivity contribution in [1.29, 1.82) is 5.26 Å². The van der Waals surface area contributed by atoms with Crippen LogP contribution in [0.4, 0.5) is 11.4 Å². The number of aromatic hydroxyl groups is 1. The molecule has 0 amide bonds. The summed E-state index contributed by atoms with van der Waals surface area (Å²) in [4.78, 5) is 9.36. The van der Waals surface area contributed by atoms with Crippen LogP contribution in [0.5, 0.6) is 17.2 Å². The van der Waals surface area contributed by atoms with Crippen molar-refractivity contribution in [2.75, 3.05) is 45.7 Å². The lowest BCUT2D eigenvalue weighted by Gasteiger charge is -2.42. The largest absolute Gasteiger partial charge is 0.506 e. The zero-order valence-corrected chi connectivity index (χ0v) is 22.9. The molecule has 8 nitrogen and oxygen atoms in total. The number of phenolic OH excluding ortho intramolecular Hbond substituents is 1. The third kappa shape index (κ3) is 6.36. The Labute approximate surface area is 234 Å². The normalized spacial score (nSPS) is 18.0. The van der Waals surface area contributed by atoms with E-state index in [4.69, 9.17) is 32.7 Å². The predicted molar refractivity (Wildman–Crippen MR) is 154 cm³/mol. The molecule has 0 radical (unpaired) electrons. The summed E-state index contributed by atoms with van der Waals surface area (Å²) in [5.41, 5.74) is 1.82. The van der Waals surface area contributed by atoms with E-state index in [-0.39, 0.29) is 18.2 Å². The number of likely N-dealkylation sites (N-methyl/N-ethyl adjacent to an activating group) is 1. The molecule has 0 aliphatic carbocycles. The molecule has 1 aromatic heterocycles. The van der Waals surface area contributed by atoms with E-state index in [9.17, 15) is 10.4 Å². The Morgan fingerprint density at radius 2 is 1.84 bits per heavy atom. The van der Waals surface area contributed by atoms with Crippen molar-refractivity contribution in [1.82, 2.24) is 14.8 Å². The summed E-state index contributed by atoms with van der Waals surface area (Å²) < 4.78 is 11.7. The molecule has 0 unspecified atom stereocenters. The minimum atomic E-state index is -0.126. The van der Waals surface area contributed by atoms with E-state index >= 15 is 0 Å². The van der Waals surface area contributed by atoms with Gasteiger partial charge < -0.3 is 24.8 Å². The van der Waals surface area contributed by atoms with Gasteiger partial charge in [-0.15, -0.1) is 0 Å². The molecule has 38 heavy (non-hydrogen) atoms. The first-order chi connectivity index (χ1) is 17.7. The summed E-state index contributed by atoms with van der Waals surface area (Å²) in [7, 11) is 3.76. The Bertz CT molecular complexity index is 1320. The Kier molecular flexibility index (Phi) is 9.91. The van der Waals surface area contributed by atoms with Crippen LogP contribution in [0.15, 0.2) is 30.5 Å². The van der Waals surface area contributed by atoms with Crippen LogP contribution in [-0.2, 0) is 0 Å². The lowest BCUT2D eigenvalue weighted by Crippen LogP contribution is -2.55. The molecule has 2 atom stereocenters. The summed E-state index contributed by atoms with van der Waals surface area (Å²) >= 11 is 12.3. The highest BCUT2D eigenvalue weighted by Crippen LogP contribution is 2.40. The summed E-state index contributed by atoms with van der Waals surface area (Å²) in [6.07, 6.45) is 2.37. The standard InChI is InChI=1S/C27H31Cl2N5O3.CH4/c1-16-14-34(15-17(2)33(16)3)6-5-7-37-26-11-22-19(8-25(26)36-4)27(18(12-30)13-31-22)32-23-10-24(35)21(29)9-20(23)28;/h8-11,13,16-17,35H,5-7,14-15H2,1-4H3,(H,31,32);1H4/t16-,17+;. The second kappa shape index (κ2) is 12.7. The Balaban J connectivity index is 0.00000400. The molecule has 2 N–H and O–H groups in total. The van der Waals surface area contributed by atoms with E-state index in [0.717, 1.165) is 26.1 Å². The minimum Gasteiger partial charge on any atom is -0.506 e. The number of fused-ring (bicyclic) bond motifs is 1. The average Bonchev–Trinajstić information content (AvgIpc) is 2.87. The Morgan fingerprint density at radius 1 is 1.13 bits per heavy atom. The number of piperazine rings is 1. The maximum absolute atomic E-state index is 10.0. The van der Waals surface area contributed by atoms with E-state index in [0.29, 0.717) is 63.1 Å². The number of anilines is 2. The molecular formula is C28H35Cl2N5O3. The zero-order chi connectivity index (χ0) is 26.7. The monoisotopic (exact) mass is 559 g/mol. The number of pyridine rings is 1. The van der Waals surface area contributed by atoms with Gasteiger partial charge in [-0.2, -0.15) is 5.26 Å². The van der Waals surface area contributed by atoms with E-state index in [1.165, 1.54) is 18.3 Å². The first-order valence-electron chi connectivity index (χ1n) is 12.1. The molecule has 3 aromatic rings. The molecule has 1 fully saturated rings. The number of nitrogens with one attached hydrogen (secondary N) is 1. The number of hydrogen-bond donors (Lipinski definition) is 2. The van der Waals surface area contributed by atoms with Crippen molar-refractivity contribution in [2.24, 2.45) is 0 Å². The van der Waals surface area contributed by atoms with Crippen molar-refractivity contribution in [3.63, 3.8) is 0 Å². The highest BCUT2D eigenvalue weighted by molar-refractivity contribution is 6.37. The van der Waals surface area contributed by atoms with Gasteiger partial charge in [0.05, 0.1) is 46.2 Å². The van der Waals surface area contributed by atoms with Crippen LogP contribution in [0.1, 0.15) is 33.3 Å². The molecule has 10 heteroatoms. The highest BCUT2D eigenvalue weighted by atomic mass is 35.5. The van der Waals surface area contributed by atoms with Crippen LogP contribution in [-0.4, -0.2) is 72.4 Å². The second-order valence-electron chi connectivity index (χ2n) is 9.41. The lowest BCUT2D eigenvalue weighted by atomic mass is 10.1. The molecule has 4 rings (SSSR count). The van der Waals surface area contributed by atoms with E-state index in [1.54, 1.807) is 19.2 Å². The van der Waals surface area contributed by atoms with Gasteiger partial charge in [0.15, 0.2) is 11.5 Å². The van der Waals surface area contributed by atoms with Crippen LogP contribution in [0.2, 0.25) is 10.0 Å². The number of rotatable bonds is 8. The number of nitriles is 1. The van der Waals surface area contributed by atoms with Gasteiger partial charge in [-0.25, -0.2) is 0 Å². The topological polar surface area (TPSA) is 93.9 Å².